The van der Waals surface area contributed by atoms with Crippen LogP contribution in [-0.4, -0.2) is 0 Å². The van der Waals surface area contributed by atoms with E-state index in [0.29, 0.717) is 0 Å². The summed E-state index contributed by atoms with van der Waals surface area (Å²) < 4.78 is 0. The molecule has 0 radical (unpaired) electrons. The molecule has 0 heterocycles. The average Bonchev–Trinajstić information content (AvgIpc) is 3.74. The van der Waals surface area contributed by atoms with E-state index in [1.54, 1.807) is 33.4 Å². The molecule has 3 aliphatic carbocycles. The van der Waals surface area contributed by atoms with Gasteiger partial charge in [-0.2, -0.15) is 0 Å². The van der Waals surface area contributed by atoms with Crippen molar-refractivity contribution in [1.29, 1.82) is 0 Å². The van der Waals surface area contributed by atoms with Gasteiger partial charge in [0, 0.05) is 21.7 Å². The smallest absolute Gasteiger partial charge is 0.0286 e. The predicted octanol–water partition coefficient (Wildman–Crippen LogP) is 18.7. The molecule has 3 aliphatic rings. The van der Waals surface area contributed by atoms with E-state index >= 15 is 0 Å². The van der Waals surface area contributed by atoms with Crippen molar-refractivity contribution in [2.75, 3.05) is 0 Å². The quantitative estimate of drug-likeness (QED) is 0.146. The zero-order valence-corrected chi connectivity index (χ0v) is 39.6. The van der Waals surface area contributed by atoms with E-state index in [-0.39, 0.29) is 21.7 Å². The SMILES string of the molecule is CCCC12c3cc4cc5cc6ccccc6cc5cc4cc3C3(CCC)c4cc5cc6cc7ccccc7cc6cc5cc4C(CCC)(c4cc5cc6cc7ccccc7cc6cc5cc41)C23C. The van der Waals surface area contributed by atoms with Crippen molar-refractivity contribution in [2.24, 2.45) is 5.41 Å². The largest absolute Gasteiger partial charge is 0.0653 e. The fraction of sp³-hybridized carbons (Fsp3) is 0.206. The van der Waals surface area contributed by atoms with Crippen LogP contribution in [0.5, 0.6) is 0 Å². The minimum absolute atomic E-state index is 0.176. The number of hydrogen-bond donors (Lipinski definition) is 0. The molecule has 0 aromatic heterocycles. The van der Waals surface area contributed by atoms with Gasteiger partial charge in [0.2, 0.25) is 0 Å². The van der Waals surface area contributed by atoms with Crippen molar-refractivity contribution in [3.63, 3.8) is 0 Å². The van der Waals surface area contributed by atoms with Gasteiger partial charge in [-0.1, -0.05) is 120 Å². The summed E-state index contributed by atoms with van der Waals surface area (Å²) in [4.78, 5) is 0. The van der Waals surface area contributed by atoms with E-state index in [1.807, 2.05) is 0 Å². The fourth-order valence-electron chi connectivity index (χ4n) is 16.2. The van der Waals surface area contributed by atoms with Crippen LogP contribution in [0.4, 0.5) is 0 Å². The Morgan fingerprint density at radius 1 is 0.235 bits per heavy atom. The molecular formula is C68H54. The minimum Gasteiger partial charge on any atom is -0.0653 e. The second kappa shape index (κ2) is 13.4. The Morgan fingerprint density at radius 2 is 0.397 bits per heavy atom. The van der Waals surface area contributed by atoms with Crippen LogP contribution in [0.1, 0.15) is 99.6 Å². The second-order valence-electron chi connectivity index (χ2n) is 21.5. The Hall–Kier alpha value is -7.02. The summed E-state index contributed by atoms with van der Waals surface area (Å²) in [6.45, 7) is 10.2. The van der Waals surface area contributed by atoms with Crippen molar-refractivity contribution < 1.29 is 0 Å². The van der Waals surface area contributed by atoms with Crippen LogP contribution in [0, 0.1) is 5.41 Å². The molecule has 0 heteroatoms. The van der Waals surface area contributed by atoms with Crippen LogP contribution in [0.2, 0.25) is 0 Å². The van der Waals surface area contributed by atoms with Gasteiger partial charge in [0.15, 0.2) is 0 Å². The molecule has 12 aromatic rings. The number of rotatable bonds is 6. The van der Waals surface area contributed by atoms with Crippen LogP contribution in [0.25, 0.3) is 97.0 Å². The number of hydrogen-bond acceptors (Lipinski definition) is 0. The molecule has 0 saturated carbocycles. The second-order valence-corrected chi connectivity index (χ2v) is 21.5. The molecular weight excluding hydrogens is 817 g/mol. The topological polar surface area (TPSA) is 0 Å². The molecule has 0 aliphatic heterocycles. The highest BCUT2D eigenvalue weighted by molar-refractivity contribution is 6.09. The third-order valence-corrected chi connectivity index (χ3v) is 18.6. The molecule has 0 atom stereocenters. The summed E-state index contributed by atoms with van der Waals surface area (Å²) in [5.41, 5.74) is 8.69. The zero-order valence-electron chi connectivity index (χ0n) is 39.6. The molecule has 0 unspecified atom stereocenters. The van der Waals surface area contributed by atoms with Crippen molar-refractivity contribution in [3.8, 4) is 0 Å². The molecule has 0 N–H and O–H groups in total. The summed E-state index contributed by atoms with van der Waals surface area (Å²) in [6.07, 6.45) is 6.66. The molecule has 68 heavy (non-hydrogen) atoms. The van der Waals surface area contributed by atoms with Crippen molar-refractivity contribution in [3.05, 3.63) is 215 Å². The highest BCUT2D eigenvalue weighted by Crippen LogP contribution is 2.85. The highest BCUT2D eigenvalue weighted by atomic mass is 14.8. The Labute approximate surface area is 398 Å². The summed E-state index contributed by atoms with van der Waals surface area (Å²) in [6, 6.07) is 72.5. The van der Waals surface area contributed by atoms with Gasteiger partial charge in [-0.05, 0) is 259 Å². The summed E-state index contributed by atoms with van der Waals surface area (Å²) >= 11 is 0. The van der Waals surface area contributed by atoms with Crippen molar-refractivity contribution in [2.45, 2.75) is 82.5 Å². The van der Waals surface area contributed by atoms with Crippen LogP contribution in [0.15, 0.2) is 182 Å². The lowest BCUT2D eigenvalue weighted by molar-refractivity contribution is 0.0541. The molecule has 0 spiro atoms. The standard InChI is InChI=1S/C68H54/c1-5-20-66-59-35-53-29-47-23-41-14-8-10-16-43(41)25-49(47)31-55(53)37-61(59)67(21-6-2)63-39-57-33-51-27-45-18-12-13-19-46(45)28-52(51)34-58(57)40-64(63)68(22-7-3,65(66,67)4)62-38-56-32-50-26-44-17-11-9-15-42(44)24-48(50)30-54(56)36-60(62)66/h8-19,23-40H,5-7,20-22H2,1-4H3. The van der Waals surface area contributed by atoms with Gasteiger partial charge < -0.3 is 0 Å². The van der Waals surface area contributed by atoms with E-state index in [2.05, 4.69) is 210 Å². The first-order valence-corrected chi connectivity index (χ1v) is 25.6. The molecule has 12 aromatic carbocycles. The minimum atomic E-state index is -0.219. The molecule has 0 bridgehead atoms. The third-order valence-electron chi connectivity index (χ3n) is 18.6. The molecule has 0 saturated heterocycles. The first-order chi connectivity index (χ1) is 33.3. The van der Waals surface area contributed by atoms with E-state index in [9.17, 15) is 0 Å². The summed E-state index contributed by atoms with van der Waals surface area (Å²) in [7, 11) is 0. The third kappa shape index (κ3) is 4.54. The van der Waals surface area contributed by atoms with Crippen molar-refractivity contribution >= 4 is 97.0 Å². The van der Waals surface area contributed by atoms with Gasteiger partial charge in [0.25, 0.3) is 0 Å². The van der Waals surface area contributed by atoms with Crippen LogP contribution >= 0.6 is 0 Å². The monoisotopic (exact) mass is 870 g/mol. The Bertz CT molecular complexity index is 3540. The summed E-state index contributed by atoms with van der Waals surface area (Å²) in [5, 5.41) is 23.9. The lowest BCUT2D eigenvalue weighted by Gasteiger charge is -2.53. The molecule has 326 valence electrons. The number of fused-ring (bicyclic) bond motifs is 18. The van der Waals surface area contributed by atoms with Gasteiger partial charge in [-0.15, -0.1) is 0 Å². The number of benzene rings is 12. The summed E-state index contributed by atoms with van der Waals surface area (Å²) in [5.74, 6) is 0. The van der Waals surface area contributed by atoms with Crippen LogP contribution in [0.3, 0.4) is 0 Å². The van der Waals surface area contributed by atoms with Gasteiger partial charge in [-0.25, -0.2) is 0 Å². The first-order valence-electron chi connectivity index (χ1n) is 25.6. The molecule has 0 fully saturated rings. The van der Waals surface area contributed by atoms with Crippen LogP contribution in [-0.2, 0) is 16.2 Å². The van der Waals surface area contributed by atoms with Gasteiger partial charge >= 0.3 is 0 Å². The van der Waals surface area contributed by atoms with Gasteiger partial charge in [0.1, 0.15) is 0 Å². The van der Waals surface area contributed by atoms with E-state index in [1.165, 1.54) is 97.0 Å². The first kappa shape index (κ1) is 39.0. The van der Waals surface area contributed by atoms with E-state index in [0.717, 1.165) is 38.5 Å². The Balaban J connectivity index is 1.12. The molecule has 0 nitrogen and oxygen atoms in total. The van der Waals surface area contributed by atoms with Gasteiger partial charge in [0.05, 0.1) is 0 Å². The maximum atomic E-state index is 2.82. The highest BCUT2D eigenvalue weighted by Gasteiger charge is 2.82. The molecule has 15 rings (SSSR count). The fourth-order valence-corrected chi connectivity index (χ4v) is 16.2. The van der Waals surface area contributed by atoms with Crippen molar-refractivity contribution in [1.82, 2.24) is 0 Å². The average molecular weight is 871 g/mol. The normalized spacial score (nSPS) is 22.4. The Morgan fingerprint density at radius 3 is 0.574 bits per heavy atom. The zero-order chi connectivity index (χ0) is 45.3. The lowest BCUT2D eigenvalue weighted by atomic mass is 9.48. The maximum Gasteiger partial charge on any atom is 0.0286 e. The van der Waals surface area contributed by atoms with E-state index in [4.69, 9.17) is 0 Å². The Kier molecular flexibility index (Phi) is 7.67. The van der Waals surface area contributed by atoms with Crippen LogP contribution < -0.4 is 0 Å². The maximum absolute atomic E-state index is 2.82. The van der Waals surface area contributed by atoms with Gasteiger partial charge in [-0.3, -0.25) is 0 Å². The predicted molar refractivity (Wildman–Crippen MR) is 292 cm³/mol. The van der Waals surface area contributed by atoms with E-state index < -0.39 is 0 Å². The lowest BCUT2D eigenvalue weighted by Crippen LogP contribution is -2.54. The molecule has 0 amide bonds.